The van der Waals surface area contributed by atoms with Crippen molar-refractivity contribution in [1.82, 2.24) is 24.3 Å². The van der Waals surface area contributed by atoms with Crippen molar-refractivity contribution >= 4 is 34.3 Å². The zero-order valence-corrected chi connectivity index (χ0v) is 25.2. The first-order valence-electron chi connectivity index (χ1n) is 14.7. The van der Waals surface area contributed by atoms with Crippen LogP contribution in [0.15, 0.2) is 54.7 Å². The number of piperazine rings is 1. The smallest absolute Gasteiger partial charge is 0.341 e. The molecule has 4 heterocycles. The van der Waals surface area contributed by atoms with Crippen molar-refractivity contribution in [3.8, 4) is 17.4 Å². The van der Waals surface area contributed by atoms with E-state index < -0.39 is 5.97 Å². The number of hydrogen-bond donors (Lipinski definition) is 1. The fourth-order valence-corrected chi connectivity index (χ4v) is 6.00. The minimum atomic E-state index is -0.487. The molecule has 1 N–H and O–H groups in total. The molecule has 0 amide bonds. The lowest BCUT2D eigenvalue weighted by atomic mass is 10.0. The maximum Gasteiger partial charge on any atom is 0.341 e. The second-order valence-corrected chi connectivity index (χ2v) is 11.2. The fourth-order valence-electron chi connectivity index (χ4n) is 6.00. The van der Waals surface area contributed by atoms with Crippen molar-refractivity contribution in [2.45, 2.75) is 18.9 Å². The Bertz CT molecular complexity index is 1590. The summed E-state index contributed by atoms with van der Waals surface area (Å²) >= 11 is 0. The van der Waals surface area contributed by atoms with Crippen LogP contribution in [0.2, 0.25) is 0 Å². The number of anilines is 3. The van der Waals surface area contributed by atoms with Crippen LogP contribution < -0.4 is 19.7 Å². The second-order valence-electron chi connectivity index (χ2n) is 11.2. The van der Waals surface area contributed by atoms with E-state index in [2.05, 4.69) is 39.2 Å². The van der Waals surface area contributed by atoms with E-state index in [4.69, 9.17) is 24.2 Å². The fraction of sp³-hybridized carbons (Fsp3) is 0.406. The van der Waals surface area contributed by atoms with Crippen LogP contribution in [0.3, 0.4) is 0 Å². The molecule has 2 saturated heterocycles. The molecule has 2 fully saturated rings. The number of aromatic nitrogens is 3. The number of hydrogen-bond acceptors (Lipinski definition) is 10. The van der Waals surface area contributed by atoms with Gasteiger partial charge in [-0.05, 0) is 50.2 Å². The number of methoxy groups -OCH3 is 2. The van der Waals surface area contributed by atoms with Gasteiger partial charge in [0.1, 0.15) is 22.6 Å². The van der Waals surface area contributed by atoms with Gasteiger partial charge in [0.15, 0.2) is 0 Å². The van der Waals surface area contributed by atoms with Crippen LogP contribution in [0.1, 0.15) is 23.2 Å². The molecular formula is C32H39N7O4. The van der Waals surface area contributed by atoms with Crippen LogP contribution in [0.25, 0.3) is 11.0 Å². The largest absolute Gasteiger partial charge is 0.494 e. The van der Waals surface area contributed by atoms with Gasteiger partial charge in [0.05, 0.1) is 25.4 Å². The summed E-state index contributed by atoms with van der Waals surface area (Å²) in [5.74, 6) is 1.23. The number of likely N-dealkylation sites (N-methyl/N-ethyl adjacent to an activating group) is 1. The molecule has 4 aromatic rings. The number of esters is 1. The first kappa shape index (κ1) is 28.8. The predicted molar refractivity (Wildman–Crippen MR) is 167 cm³/mol. The number of rotatable bonds is 8. The number of carbonyl (C=O) groups excluding carboxylic acids is 1. The average Bonchev–Trinajstić information content (AvgIpc) is 3.42. The molecule has 0 aliphatic carbocycles. The molecule has 11 nitrogen and oxygen atoms in total. The zero-order chi connectivity index (χ0) is 29.9. The van der Waals surface area contributed by atoms with Gasteiger partial charge in [-0.15, -0.1) is 0 Å². The van der Waals surface area contributed by atoms with Gasteiger partial charge in [-0.3, -0.25) is 4.90 Å². The lowest BCUT2D eigenvalue weighted by Gasteiger charge is -2.42. The number of aryl methyl sites for hydroxylation is 1. The van der Waals surface area contributed by atoms with Crippen molar-refractivity contribution in [1.29, 1.82) is 0 Å². The van der Waals surface area contributed by atoms with E-state index in [1.165, 1.54) is 20.0 Å². The van der Waals surface area contributed by atoms with Gasteiger partial charge in [0.2, 0.25) is 11.8 Å². The van der Waals surface area contributed by atoms with Crippen LogP contribution in [-0.4, -0.2) is 96.9 Å². The van der Waals surface area contributed by atoms with Crippen LogP contribution in [0, 0.1) is 0 Å². The van der Waals surface area contributed by atoms with Crippen molar-refractivity contribution in [3.63, 3.8) is 0 Å². The second kappa shape index (κ2) is 12.5. The van der Waals surface area contributed by atoms with E-state index in [-0.39, 0.29) is 0 Å². The van der Waals surface area contributed by atoms with Crippen molar-refractivity contribution in [2.24, 2.45) is 7.05 Å². The van der Waals surface area contributed by atoms with Crippen LogP contribution in [-0.2, 0) is 11.8 Å². The van der Waals surface area contributed by atoms with Crippen LogP contribution >= 0.6 is 0 Å². The Balaban J connectivity index is 1.21. The third kappa shape index (κ3) is 6.09. The molecule has 2 aromatic carbocycles. The summed E-state index contributed by atoms with van der Waals surface area (Å²) in [5.41, 5.74) is 3.60. The standard InChI is InChI=1S/C32H39N7O4/c1-36-17-19-39(20-18-36)22-11-15-38(16-12-22)23-9-10-25(28(21-23)41-3)33-32-34-26-13-14-37(2)29(26)30(35-32)43-27-8-6-5-7-24(27)31(40)42-4/h5-10,13-14,21-22H,11-12,15-20H2,1-4H3,(H,33,34,35). The molecule has 0 spiro atoms. The number of ether oxygens (including phenoxy) is 3. The van der Waals surface area contributed by atoms with E-state index in [0.29, 0.717) is 46.0 Å². The van der Waals surface area contributed by atoms with Crippen molar-refractivity contribution in [3.05, 3.63) is 60.3 Å². The quantitative estimate of drug-likeness (QED) is 0.298. The minimum absolute atomic E-state index is 0.310. The molecule has 226 valence electrons. The Morgan fingerprint density at radius 2 is 1.67 bits per heavy atom. The number of para-hydroxylation sites is 1. The summed E-state index contributed by atoms with van der Waals surface area (Å²) in [4.78, 5) is 29.3. The normalized spacial score (nSPS) is 16.8. The average molecular weight is 586 g/mol. The number of nitrogens with zero attached hydrogens (tertiary/aromatic N) is 6. The van der Waals surface area contributed by atoms with Gasteiger partial charge in [-0.1, -0.05) is 12.1 Å². The maximum absolute atomic E-state index is 12.4. The highest BCUT2D eigenvalue weighted by Crippen LogP contribution is 2.35. The Kier molecular flexibility index (Phi) is 8.35. The summed E-state index contributed by atoms with van der Waals surface area (Å²) < 4.78 is 18.8. The lowest BCUT2D eigenvalue weighted by molar-refractivity contribution is 0.0598. The molecule has 6 rings (SSSR count). The van der Waals surface area contributed by atoms with E-state index in [1.807, 2.05) is 29.9 Å². The van der Waals surface area contributed by atoms with Gasteiger partial charge in [0, 0.05) is 70.3 Å². The lowest BCUT2D eigenvalue weighted by Crippen LogP contribution is -2.52. The van der Waals surface area contributed by atoms with Crippen molar-refractivity contribution < 1.29 is 19.0 Å². The monoisotopic (exact) mass is 585 g/mol. The molecule has 0 radical (unpaired) electrons. The summed E-state index contributed by atoms with van der Waals surface area (Å²) in [6.45, 7) is 6.68. The summed E-state index contributed by atoms with van der Waals surface area (Å²) in [5, 5.41) is 3.33. The number of fused-ring (bicyclic) bond motifs is 1. The van der Waals surface area contributed by atoms with Gasteiger partial charge >= 0.3 is 5.97 Å². The van der Waals surface area contributed by atoms with Gasteiger partial charge in [-0.2, -0.15) is 4.98 Å². The zero-order valence-electron chi connectivity index (χ0n) is 25.2. The first-order chi connectivity index (χ1) is 20.9. The SMILES string of the molecule is COC(=O)c1ccccc1Oc1nc(Nc2ccc(N3CCC(N4CCN(C)CC4)CC3)cc2OC)nc2ccn(C)c12. The van der Waals surface area contributed by atoms with Crippen molar-refractivity contribution in [2.75, 3.05) is 70.8 Å². The molecule has 0 atom stereocenters. The van der Waals surface area contributed by atoms with Gasteiger partial charge in [-0.25, -0.2) is 9.78 Å². The molecule has 0 unspecified atom stereocenters. The van der Waals surface area contributed by atoms with Crippen LogP contribution in [0.5, 0.6) is 17.4 Å². The molecule has 43 heavy (non-hydrogen) atoms. The third-order valence-corrected chi connectivity index (χ3v) is 8.50. The summed E-state index contributed by atoms with van der Waals surface area (Å²) in [7, 11) is 7.12. The van der Waals surface area contributed by atoms with E-state index in [9.17, 15) is 4.79 Å². The molecule has 2 aliphatic heterocycles. The number of benzene rings is 2. The molecule has 11 heteroatoms. The molecule has 0 saturated carbocycles. The maximum atomic E-state index is 12.4. The van der Waals surface area contributed by atoms with Gasteiger partial charge in [0.25, 0.3) is 0 Å². The van der Waals surface area contributed by atoms with Crippen LogP contribution in [0.4, 0.5) is 17.3 Å². The predicted octanol–water partition coefficient (Wildman–Crippen LogP) is 4.52. The van der Waals surface area contributed by atoms with E-state index in [1.54, 1.807) is 31.4 Å². The third-order valence-electron chi connectivity index (χ3n) is 8.50. The molecular weight excluding hydrogens is 546 g/mol. The summed E-state index contributed by atoms with van der Waals surface area (Å²) in [6, 6.07) is 15.7. The number of carbonyl (C=O) groups is 1. The number of nitrogens with one attached hydrogen (secondary N) is 1. The number of piperidine rings is 1. The molecule has 2 aliphatic rings. The molecule has 2 aromatic heterocycles. The Morgan fingerprint density at radius 3 is 2.42 bits per heavy atom. The molecule has 0 bridgehead atoms. The first-order valence-corrected chi connectivity index (χ1v) is 14.7. The highest BCUT2D eigenvalue weighted by Gasteiger charge is 2.27. The minimum Gasteiger partial charge on any atom is -0.494 e. The Hall–Kier alpha value is -4.35. The highest BCUT2D eigenvalue weighted by molar-refractivity contribution is 5.93. The summed E-state index contributed by atoms with van der Waals surface area (Å²) in [6.07, 6.45) is 4.22. The Labute approximate surface area is 252 Å². The van der Waals surface area contributed by atoms with E-state index >= 15 is 0 Å². The highest BCUT2D eigenvalue weighted by atomic mass is 16.5. The topological polar surface area (TPSA) is 97.2 Å². The van der Waals surface area contributed by atoms with Gasteiger partial charge < -0.3 is 33.9 Å². The Morgan fingerprint density at radius 1 is 0.907 bits per heavy atom. The van der Waals surface area contributed by atoms with E-state index in [0.717, 1.165) is 50.6 Å².